The first-order valence-corrected chi connectivity index (χ1v) is 2.34. The van der Waals surface area contributed by atoms with Crippen molar-refractivity contribution in [3.05, 3.63) is 12.2 Å². The van der Waals surface area contributed by atoms with Crippen LogP contribution < -0.4 is 0 Å². The van der Waals surface area contributed by atoms with E-state index < -0.39 is 5.78 Å². The second kappa shape index (κ2) is 2.98. The summed E-state index contributed by atoms with van der Waals surface area (Å²) in [5.74, 6) is -0.507. The van der Waals surface area contributed by atoms with Gasteiger partial charge in [0.2, 0.25) is 0 Å². The molecule has 42 valence electrons. The lowest BCUT2D eigenvalue weighted by molar-refractivity contribution is -0.110. The minimum Gasteiger partial charge on any atom is -0.277 e. The average Bonchev–Trinajstić information content (AvgIpc) is 1.84. The van der Waals surface area contributed by atoms with Gasteiger partial charge in [0.15, 0.2) is 0 Å². The van der Waals surface area contributed by atoms with Gasteiger partial charge in [-0.2, -0.15) is 5.26 Å². The van der Waals surface area contributed by atoms with Crippen LogP contribution in [0.3, 0.4) is 0 Å². The number of allylic oxidation sites excluding steroid dienone is 1. The van der Waals surface area contributed by atoms with E-state index in [1.165, 1.54) is 6.07 Å². The Hall–Kier alpha value is -1.10. The highest BCUT2D eigenvalue weighted by molar-refractivity contribution is 6.06. The first-order valence-electron chi connectivity index (χ1n) is 2.34. The van der Waals surface area contributed by atoms with Crippen molar-refractivity contribution in [2.75, 3.05) is 0 Å². The molecule has 0 aliphatic rings. The largest absolute Gasteiger partial charge is 0.277 e. The van der Waals surface area contributed by atoms with Crippen LogP contribution in [0.25, 0.3) is 0 Å². The van der Waals surface area contributed by atoms with Crippen LogP contribution in [-0.2, 0) is 4.79 Å². The van der Waals surface area contributed by atoms with Crippen LogP contribution in [-0.4, -0.2) is 5.78 Å². The fraction of sp³-hybridized carbons (Fsp3) is 0.333. The van der Waals surface area contributed by atoms with Gasteiger partial charge in [0.25, 0.3) is 5.78 Å². The molecule has 0 bridgehead atoms. The van der Waals surface area contributed by atoms with Gasteiger partial charge in [0.1, 0.15) is 6.07 Å². The molecule has 8 heavy (non-hydrogen) atoms. The Kier molecular flexibility index (Phi) is 2.57. The molecular weight excluding hydrogens is 102 g/mol. The number of hydrogen-bond acceptors (Lipinski definition) is 2. The van der Waals surface area contributed by atoms with E-state index in [0.717, 1.165) is 0 Å². The second-order valence-electron chi connectivity index (χ2n) is 1.40. The van der Waals surface area contributed by atoms with Gasteiger partial charge in [-0.3, -0.25) is 4.79 Å². The molecule has 2 heteroatoms. The maximum absolute atomic E-state index is 10.3. The average molecular weight is 109 g/mol. The zero-order chi connectivity index (χ0) is 6.57. The number of ketones is 1. The molecule has 0 amide bonds. The number of carbonyl (C=O) groups excluding carboxylic acids is 1. The van der Waals surface area contributed by atoms with Crippen molar-refractivity contribution in [3.8, 4) is 6.07 Å². The predicted octanol–water partition coefficient (Wildman–Crippen LogP) is 1.05. The summed E-state index contributed by atoms with van der Waals surface area (Å²) in [4.78, 5) is 10.3. The van der Waals surface area contributed by atoms with Crippen LogP contribution in [0.1, 0.15) is 13.3 Å². The fourth-order valence-corrected chi connectivity index (χ4v) is 0.240. The van der Waals surface area contributed by atoms with E-state index in [0.29, 0.717) is 12.0 Å². The molecule has 0 spiro atoms. The molecule has 0 aliphatic heterocycles. The highest BCUT2D eigenvalue weighted by Gasteiger charge is 1.99. The Morgan fingerprint density at radius 1 is 1.88 bits per heavy atom. The van der Waals surface area contributed by atoms with Crippen molar-refractivity contribution in [2.24, 2.45) is 0 Å². The van der Waals surface area contributed by atoms with E-state index in [4.69, 9.17) is 5.26 Å². The van der Waals surface area contributed by atoms with Crippen molar-refractivity contribution < 1.29 is 4.79 Å². The van der Waals surface area contributed by atoms with Crippen LogP contribution in [0.4, 0.5) is 0 Å². The third kappa shape index (κ3) is 1.57. The smallest absolute Gasteiger partial charge is 0.257 e. The molecule has 0 saturated heterocycles. The first-order chi connectivity index (χ1) is 3.72. The lowest BCUT2D eigenvalue weighted by Gasteiger charge is -1.86. The maximum atomic E-state index is 10.3. The summed E-state index contributed by atoms with van der Waals surface area (Å²) in [5.41, 5.74) is 0.382. The zero-order valence-electron chi connectivity index (χ0n) is 4.77. The number of rotatable bonds is 2. The molecule has 2 nitrogen and oxygen atoms in total. The van der Waals surface area contributed by atoms with Crippen molar-refractivity contribution in [2.45, 2.75) is 13.3 Å². The van der Waals surface area contributed by atoms with E-state index in [9.17, 15) is 4.79 Å². The Morgan fingerprint density at radius 2 is 2.38 bits per heavy atom. The minimum atomic E-state index is -0.507. The van der Waals surface area contributed by atoms with Crippen molar-refractivity contribution in [1.29, 1.82) is 5.26 Å². The Bertz CT molecular complexity index is 152. The Morgan fingerprint density at radius 3 is 2.50 bits per heavy atom. The van der Waals surface area contributed by atoms with Gasteiger partial charge in [-0.05, 0) is 6.42 Å². The van der Waals surface area contributed by atoms with Crippen molar-refractivity contribution in [1.82, 2.24) is 0 Å². The summed E-state index contributed by atoms with van der Waals surface area (Å²) in [6.07, 6.45) is 0.562. The molecule has 0 aromatic heterocycles. The molecule has 0 rings (SSSR count). The normalized spacial score (nSPS) is 7.50. The predicted molar refractivity (Wildman–Crippen MR) is 30.1 cm³/mol. The van der Waals surface area contributed by atoms with E-state index in [1.54, 1.807) is 6.92 Å². The Labute approximate surface area is 48.4 Å². The van der Waals surface area contributed by atoms with Crippen molar-refractivity contribution >= 4 is 5.78 Å². The third-order valence-corrected chi connectivity index (χ3v) is 0.849. The maximum Gasteiger partial charge on any atom is 0.257 e. The summed E-state index contributed by atoms with van der Waals surface area (Å²) in [6.45, 7) is 5.16. The monoisotopic (exact) mass is 109 g/mol. The molecule has 0 aliphatic carbocycles. The van der Waals surface area contributed by atoms with Gasteiger partial charge in [-0.1, -0.05) is 13.5 Å². The molecule has 0 radical (unpaired) electrons. The van der Waals surface area contributed by atoms with E-state index >= 15 is 0 Å². The Balaban J connectivity index is 3.89. The highest BCUT2D eigenvalue weighted by Crippen LogP contribution is 1.95. The van der Waals surface area contributed by atoms with Crippen LogP contribution in [0.2, 0.25) is 0 Å². The van der Waals surface area contributed by atoms with Crippen LogP contribution >= 0.6 is 0 Å². The number of Topliss-reactive ketones (excluding diaryl/α,β-unsaturated/α-hetero) is 1. The molecular formula is C6H7NO. The number of hydrogen-bond donors (Lipinski definition) is 0. The third-order valence-electron chi connectivity index (χ3n) is 0.849. The van der Waals surface area contributed by atoms with E-state index in [2.05, 4.69) is 6.58 Å². The molecule has 0 fully saturated rings. The van der Waals surface area contributed by atoms with Gasteiger partial charge in [0.05, 0.1) is 0 Å². The first kappa shape index (κ1) is 6.90. The summed E-state index contributed by atoms with van der Waals surface area (Å²) >= 11 is 0. The molecule has 0 saturated carbocycles. The molecule has 0 heterocycles. The fourth-order valence-electron chi connectivity index (χ4n) is 0.240. The lowest BCUT2D eigenvalue weighted by Crippen LogP contribution is -1.94. The zero-order valence-corrected chi connectivity index (χ0v) is 4.77. The summed E-state index contributed by atoms with van der Waals surface area (Å²) in [6, 6.07) is 1.48. The second-order valence-corrected chi connectivity index (χ2v) is 1.40. The molecule has 0 aromatic carbocycles. The lowest BCUT2D eigenvalue weighted by atomic mass is 10.2. The van der Waals surface area contributed by atoms with Gasteiger partial charge < -0.3 is 0 Å². The van der Waals surface area contributed by atoms with E-state index in [1.807, 2.05) is 0 Å². The quantitative estimate of drug-likeness (QED) is 0.392. The number of nitriles is 1. The molecule has 0 aromatic rings. The highest BCUT2D eigenvalue weighted by atomic mass is 16.1. The number of carbonyl (C=O) groups is 1. The van der Waals surface area contributed by atoms with E-state index in [-0.39, 0.29) is 0 Å². The van der Waals surface area contributed by atoms with Crippen LogP contribution in [0, 0.1) is 11.3 Å². The van der Waals surface area contributed by atoms with Crippen LogP contribution in [0.15, 0.2) is 12.2 Å². The molecule has 0 unspecified atom stereocenters. The van der Waals surface area contributed by atoms with Crippen molar-refractivity contribution in [3.63, 3.8) is 0 Å². The number of nitrogens with zero attached hydrogens (tertiary/aromatic N) is 1. The summed E-state index contributed by atoms with van der Waals surface area (Å²) in [7, 11) is 0. The standard InChI is InChI=1S/C6H7NO/c1-3-5(2)6(8)4-7/h2-3H2,1H3. The summed E-state index contributed by atoms with van der Waals surface area (Å²) in [5, 5.41) is 7.98. The van der Waals surface area contributed by atoms with Gasteiger partial charge in [-0.15, -0.1) is 0 Å². The molecule has 0 atom stereocenters. The molecule has 0 N–H and O–H groups in total. The topological polar surface area (TPSA) is 40.9 Å². The SMILES string of the molecule is C=C(CC)C(=O)C#N. The van der Waals surface area contributed by atoms with Crippen LogP contribution in [0.5, 0.6) is 0 Å². The van der Waals surface area contributed by atoms with Gasteiger partial charge in [0, 0.05) is 5.57 Å². The van der Waals surface area contributed by atoms with Gasteiger partial charge in [-0.25, -0.2) is 0 Å². The van der Waals surface area contributed by atoms with Gasteiger partial charge >= 0.3 is 0 Å². The summed E-state index contributed by atoms with van der Waals surface area (Å²) < 4.78 is 0. The minimum absolute atomic E-state index is 0.382.